The first kappa shape index (κ1) is 12.7. The number of benzene rings is 1. The molecular weight excluding hydrogens is 226 g/mol. The molecule has 1 unspecified atom stereocenters. The van der Waals surface area contributed by atoms with Crippen LogP contribution in [0.1, 0.15) is 22.8 Å². The zero-order valence-electron chi connectivity index (χ0n) is 9.36. The Bertz CT molecular complexity index is 418. The molecule has 2 N–H and O–H groups in total. The van der Waals surface area contributed by atoms with E-state index in [1.165, 1.54) is 0 Å². The highest BCUT2D eigenvalue weighted by atomic mass is 32.2. The van der Waals surface area contributed by atoms with Crippen LogP contribution in [0.3, 0.4) is 0 Å². The van der Waals surface area contributed by atoms with Crippen LogP contribution < -0.4 is 5.73 Å². The Labute approximate surface area is 97.2 Å². The summed E-state index contributed by atoms with van der Waals surface area (Å²) in [5.74, 6) is -0.153. The molecule has 0 aromatic heterocycles. The summed E-state index contributed by atoms with van der Waals surface area (Å²) in [5.41, 5.74) is 7.09. The third-order valence-corrected chi connectivity index (χ3v) is 2.74. The van der Waals surface area contributed by atoms with E-state index in [9.17, 15) is 9.00 Å². The summed E-state index contributed by atoms with van der Waals surface area (Å²) in [6, 6.07) is 5.11. The number of hydrogen-bond acceptors (Lipinski definition) is 4. The van der Waals surface area contributed by atoms with Crippen molar-refractivity contribution < 1.29 is 13.7 Å². The quantitative estimate of drug-likeness (QED) is 0.637. The zero-order chi connectivity index (χ0) is 12.1. The Kier molecular flexibility index (Phi) is 4.49. The molecule has 0 spiro atoms. The first-order valence-corrected chi connectivity index (χ1v) is 6.63. The Morgan fingerprint density at radius 1 is 1.50 bits per heavy atom. The fraction of sp³-hybridized carbons (Fsp3) is 0.364. The van der Waals surface area contributed by atoms with Gasteiger partial charge in [0.1, 0.15) is 0 Å². The van der Waals surface area contributed by atoms with Crippen LogP contribution >= 0.6 is 0 Å². The third-order valence-electron chi connectivity index (χ3n) is 2.02. The van der Waals surface area contributed by atoms with Crippen molar-refractivity contribution in [3.05, 3.63) is 29.3 Å². The molecular formula is C11H15NO3S. The van der Waals surface area contributed by atoms with Crippen molar-refractivity contribution in [1.82, 2.24) is 0 Å². The summed E-state index contributed by atoms with van der Waals surface area (Å²) >= 11 is 0. The van der Waals surface area contributed by atoms with E-state index in [1.54, 1.807) is 31.4 Å². The maximum Gasteiger partial charge on any atom is 0.340 e. The van der Waals surface area contributed by atoms with Crippen molar-refractivity contribution in [2.45, 2.75) is 12.7 Å². The highest BCUT2D eigenvalue weighted by Crippen LogP contribution is 2.19. The lowest BCUT2D eigenvalue weighted by atomic mass is 10.1. The molecule has 4 nitrogen and oxygen atoms in total. The molecule has 0 bridgehead atoms. The van der Waals surface area contributed by atoms with Crippen LogP contribution in [0.15, 0.2) is 18.2 Å². The summed E-state index contributed by atoms with van der Waals surface area (Å²) in [7, 11) is -1.02. The molecule has 1 aromatic rings. The molecule has 16 heavy (non-hydrogen) atoms. The van der Waals surface area contributed by atoms with Crippen molar-refractivity contribution in [2.75, 3.05) is 18.6 Å². The van der Waals surface area contributed by atoms with E-state index >= 15 is 0 Å². The minimum Gasteiger partial charge on any atom is -0.462 e. The summed E-state index contributed by atoms with van der Waals surface area (Å²) in [6.07, 6.45) is 1.58. The maximum atomic E-state index is 11.7. The van der Waals surface area contributed by atoms with Crippen molar-refractivity contribution in [2.24, 2.45) is 0 Å². The van der Waals surface area contributed by atoms with Crippen LogP contribution in [-0.4, -0.2) is 23.0 Å². The van der Waals surface area contributed by atoms with Crippen molar-refractivity contribution in [3.8, 4) is 0 Å². The minimum atomic E-state index is -1.02. The fourth-order valence-corrected chi connectivity index (χ4v) is 2.09. The average molecular weight is 241 g/mol. The standard InChI is InChI=1S/C11H15NO3S/c1-3-15-11(13)10-8(7-16(2)14)5-4-6-9(10)12/h4-6H,3,7,12H2,1-2H3. The number of carbonyl (C=O) groups is 1. The van der Waals surface area contributed by atoms with Gasteiger partial charge < -0.3 is 10.5 Å². The van der Waals surface area contributed by atoms with Gasteiger partial charge in [-0.25, -0.2) is 4.79 Å². The molecule has 0 radical (unpaired) electrons. The highest BCUT2D eigenvalue weighted by molar-refractivity contribution is 7.83. The number of ether oxygens (including phenoxy) is 1. The van der Waals surface area contributed by atoms with E-state index < -0.39 is 16.8 Å². The lowest BCUT2D eigenvalue weighted by Gasteiger charge is -2.10. The Morgan fingerprint density at radius 3 is 2.75 bits per heavy atom. The van der Waals surface area contributed by atoms with Crippen LogP contribution in [0, 0.1) is 0 Å². The number of rotatable bonds is 4. The molecule has 0 amide bonds. The number of anilines is 1. The van der Waals surface area contributed by atoms with Crippen molar-refractivity contribution >= 4 is 22.5 Å². The second-order valence-electron chi connectivity index (χ2n) is 3.32. The van der Waals surface area contributed by atoms with Gasteiger partial charge in [0.05, 0.1) is 12.2 Å². The van der Waals surface area contributed by atoms with Crippen molar-refractivity contribution in [3.63, 3.8) is 0 Å². The topological polar surface area (TPSA) is 69.4 Å². The first-order chi connectivity index (χ1) is 7.56. The van der Waals surface area contributed by atoms with Gasteiger partial charge in [0.25, 0.3) is 0 Å². The number of nitrogens with two attached hydrogens (primary N) is 1. The largest absolute Gasteiger partial charge is 0.462 e. The highest BCUT2D eigenvalue weighted by Gasteiger charge is 2.16. The van der Waals surface area contributed by atoms with E-state index in [-0.39, 0.29) is 0 Å². The molecule has 0 aliphatic heterocycles. The molecule has 0 aliphatic rings. The molecule has 1 rings (SSSR count). The Balaban J connectivity index is 3.12. The monoisotopic (exact) mass is 241 g/mol. The fourth-order valence-electron chi connectivity index (χ4n) is 1.41. The van der Waals surface area contributed by atoms with Gasteiger partial charge in [0.15, 0.2) is 0 Å². The summed E-state index contributed by atoms with van der Waals surface area (Å²) < 4.78 is 16.1. The smallest absolute Gasteiger partial charge is 0.340 e. The van der Waals surface area contributed by atoms with Gasteiger partial charge in [0, 0.05) is 28.5 Å². The normalized spacial score (nSPS) is 12.1. The predicted molar refractivity (Wildman–Crippen MR) is 64.6 cm³/mol. The van der Waals surface area contributed by atoms with E-state index in [1.807, 2.05) is 0 Å². The minimum absolute atomic E-state index is 0.293. The number of esters is 1. The van der Waals surface area contributed by atoms with Crippen LogP contribution in [-0.2, 0) is 21.3 Å². The molecule has 0 saturated heterocycles. The molecule has 1 aromatic carbocycles. The van der Waals surface area contributed by atoms with Crippen LogP contribution in [0.2, 0.25) is 0 Å². The van der Waals surface area contributed by atoms with Gasteiger partial charge in [-0.2, -0.15) is 0 Å². The van der Waals surface area contributed by atoms with Gasteiger partial charge in [-0.1, -0.05) is 12.1 Å². The maximum absolute atomic E-state index is 11.7. The van der Waals surface area contributed by atoms with E-state index in [0.29, 0.717) is 29.2 Å². The van der Waals surface area contributed by atoms with E-state index in [2.05, 4.69) is 0 Å². The molecule has 0 saturated carbocycles. The first-order valence-electron chi connectivity index (χ1n) is 4.90. The Hall–Kier alpha value is -1.36. The molecule has 0 fully saturated rings. The second-order valence-corrected chi connectivity index (χ2v) is 4.75. The number of nitrogen functional groups attached to an aromatic ring is 1. The van der Waals surface area contributed by atoms with Gasteiger partial charge in [0.2, 0.25) is 0 Å². The predicted octanol–water partition coefficient (Wildman–Crippen LogP) is 1.32. The second kappa shape index (κ2) is 5.65. The summed E-state index contributed by atoms with van der Waals surface area (Å²) in [5, 5.41) is 0. The SMILES string of the molecule is CCOC(=O)c1c(N)cccc1CS(C)=O. The summed E-state index contributed by atoms with van der Waals surface area (Å²) in [4.78, 5) is 11.7. The van der Waals surface area contributed by atoms with Crippen LogP contribution in [0.4, 0.5) is 5.69 Å². The number of carbonyl (C=O) groups excluding carboxylic acids is 1. The molecule has 5 heteroatoms. The van der Waals surface area contributed by atoms with Gasteiger partial charge in [-0.05, 0) is 18.6 Å². The third kappa shape index (κ3) is 3.06. The lowest BCUT2D eigenvalue weighted by Crippen LogP contribution is -2.12. The summed E-state index contributed by atoms with van der Waals surface area (Å²) in [6.45, 7) is 2.02. The van der Waals surface area contributed by atoms with E-state index in [0.717, 1.165) is 0 Å². The molecule has 0 aliphatic carbocycles. The Morgan fingerprint density at radius 2 is 2.19 bits per heavy atom. The van der Waals surface area contributed by atoms with Crippen molar-refractivity contribution in [1.29, 1.82) is 0 Å². The zero-order valence-corrected chi connectivity index (χ0v) is 10.2. The van der Waals surface area contributed by atoms with Gasteiger partial charge in [-0.15, -0.1) is 0 Å². The van der Waals surface area contributed by atoms with Gasteiger partial charge >= 0.3 is 5.97 Å². The average Bonchev–Trinajstić information content (AvgIpc) is 2.16. The van der Waals surface area contributed by atoms with Crippen LogP contribution in [0.5, 0.6) is 0 Å². The molecule has 0 heterocycles. The van der Waals surface area contributed by atoms with Crippen LogP contribution in [0.25, 0.3) is 0 Å². The lowest BCUT2D eigenvalue weighted by molar-refractivity contribution is 0.0526. The van der Waals surface area contributed by atoms with Gasteiger partial charge in [-0.3, -0.25) is 4.21 Å². The molecule has 88 valence electrons. The van der Waals surface area contributed by atoms with E-state index in [4.69, 9.17) is 10.5 Å². The number of hydrogen-bond donors (Lipinski definition) is 1. The molecule has 1 atom stereocenters.